The Labute approximate surface area is 184 Å². The molecule has 1 fully saturated rings. The van der Waals surface area contributed by atoms with Crippen LogP contribution < -0.4 is 10.6 Å². The van der Waals surface area contributed by atoms with Gasteiger partial charge < -0.3 is 10.6 Å². The second-order valence-corrected chi connectivity index (χ2v) is 7.94. The molecule has 2 N–H and O–H groups in total. The van der Waals surface area contributed by atoms with Gasteiger partial charge in [-0.15, -0.1) is 24.0 Å². The molecule has 148 valence electrons. The Morgan fingerprint density at radius 1 is 1.23 bits per heavy atom. The average Bonchev–Trinajstić information content (AvgIpc) is 2.64. The third-order valence-corrected chi connectivity index (χ3v) is 5.49. The highest BCUT2D eigenvalue weighted by Crippen LogP contribution is 2.16. The van der Waals surface area contributed by atoms with Crippen molar-refractivity contribution in [3.8, 4) is 0 Å². The first-order chi connectivity index (χ1) is 12.2. The van der Waals surface area contributed by atoms with Crippen molar-refractivity contribution < 1.29 is 0 Å². The predicted octanol–water partition coefficient (Wildman–Crippen LogP) is 4.23. The molecule has 4 nitrogen and oxygen atoms in total. The number of thioether (sulfide) groups is 1. The van der Waals surface area contributed by atoms with Gasteiger partial charge >= 0.3 is 0 Å². The summed E-state index contributed by atoms with van der Waals surface area (Å²) in [7, 11) is 1.85. The maximum Gasteiger partial charge on any atom is 0.191 e. The topological polar surface area (TPSA) is 39.7 Å². The highest BCUT2D eigenvalue weighted by molar-refractivity contribution is 14.0. The van der Waals surface area contributed by atoms with E-state index >= 15 is 0 Å². The van der Waals surface area contributed by atoms with Gasteiger partial charge in [0, 0.05) is 44.3 Å². The van der Waals surface area contributed by atoms with E-state index < -0.39 is 0 Å². The smallest absolute Gasteiger partial charge is 0.191 e. The standard InChI is InChI=1S/C19H31ClN4S.HI/c1-21-19(22-11-3-4-14-25-2)23-18-9-12-24(13-10-18)15-16-5-7-17(20)8-6-16;/h5-8,18H,3-4,9-15H2,1-2H3,(H2,21,22,23);1H. The van der Waals surface area contributed by atoms with Gasteiger partial charge in [0.2, 0.25) is 0 Å². The number of benzene rings is 1. The first-order valence-electron chi connectivity index (χ1n) is 9.14. The molecule has 0 unspecified atom stereocenters. The predicted molar refractivity (Wildman–Crippen MR) is 127 cm³/mol. The Bertz CT molecular complexity index is 519. The zero-order valence-electron chi connectivity index (χ0n) is 15.8. The number of unbranched alkanes of at least 4 members (excludes halogenated alkanes) is 1. The van der Waals surface area contributed by atoms with E-state index in [2.05, 4.69) is 38.9 Å². The maximum absolute atomic E-state index is 5.96. The van der Waals surface area contributed by atoms with Gasteiger partial charge in [0.05, 0.1) is 0 Å². The quantitative estimate of drug-likeness (QED) is 0.238. The molecule has 0 atom stereocenters. The largest absolute Gasteiger partial charge is 0.356 e. The molecular formula is C19H32ClIN4S. The molecule has 0 amide bonds. The lowest BCUT2D eigenvalue weighted by molar-refractivity contribution is 0.198. The molecule has 0 aromatic heterocycles. The van der Waals surface area contributed by atoms with Crippen LogP contribution in [-0.4, -0.2) is 55.6 Å². The SMILES string of the molecule is CN=C(NCCCCSC)NC1CCN(Cc2ccc(Cl)cc2)CC1.I. The van der Waals surface area contributed by atoms with E-state index in [1.54, 1.807) is 0 Å². The number of halogens is 2. The first-order valence-corrected chi connectivity index (χ1v) is 10.9. The normalized spacial score (nSPS) is 16.2. The molecule has 0 bridgehead atoms. The van der Waals surface area contributed by atoms with Crippen molar-refractivity contribution in [3.63, 3.8) is 0 Å². The summed E-state index contributed by atoms with van der Waals surface area (Å²) in [6.07, 6.45) is 6.92. The monoisotopic (exact) mass is 510 g/mol. The third-order valence-electron chi connectivity index (χ3n) is 4.54. The Balaban J connectivity index is 0.00000338. The lowest BCUT2D eigenvalue weighted by atomic mass is 10.0. The van der Waals surface area contributed by atoms with Gasteiger partial charge in [-0.3, -0.25) is 9.89 Å². The summed E-state index contributed by atoms with van der Waals surface area (Å²) >= 11 is 7.87. The fraction of sp³-hybridized carbons (Fsp3) is 0.632. The number of nitrogens with one attached hydrogen (secondary N) is 2. The lowest BCUT2D eigenvalue weighted by Crippen LogP contribution is -2.48. The van der Waals surface area contributed by atoms with Crippen LogP contribution in [0.1, 0.15) is 31.2 Å². The molecule has 7 heteroatoms. The first kappa shape index (κ1) is 23.9. The van der Waals surface area contributed by atoms with Crippen LogP contribution in [0.3, 0.4) is 0 Å². The van der Waals surface area contributed by atoms with E-state index in [0.29, 0.717) is 6.04 Å². The summed E-state index contributed by atoms with van der Waals surface area (Å²) in [5.41, 5.74) is 1.33. The minimum atomic E-state index is 0. The van der Waals surface area contributed by atoms with E-state index in [0.717, 1.165) is 50.0 Å². The molecule has 1 aliphatic heterocycles. The molecule has 1 aromatic rings. The fourth-order valence-electron chi connectivity index (χ4n) is 3.05. The Kier molecular flexibility index (Phi) is 12.8. The summed E-state index contributed by atoms with van der Waals surface area (Å²) in [4.78, 5) is 6.87. The van der Waals surface area contributed by atoms with Crippen molar-refractivity contribution in [1.29, 1.82) is 0 Å². The van der Waals surface area contributed by atoms with Crippen molar-refractivity contribution in [2.24, 2.45) is 4.99 Å². The van der Waals surface area contributed by atoms with Gasteiger partial charge in [-0.1, -0.05) is 23.7 Å². The summed E-state index contributed by atoms with van der Waals surface area (Å²) in [6, 6.07) is 8.70. The number of nitrogens with zero attached hydrogens (tertiary/aromatic N) is 2. The molecule has 1 saturated heterocycles. The number of guanidine groups is 1. The molecule has 1 aliphatic rings. The average molecular weight is 511 g/mol. The number of aliphatic imine (C=N–C) groups is 1. The second kappa shape index (κ2) is 13.9. The Morgan fingerprint density at radius 3 is 2.54 bits per heavy atom. The summed E-state index contributed by atoms with van der Waals surface area (Å²) in [6.45, 7) is 4.23. The number of likely N-dealkylation sites (tertiary alicyclic amines) is 1. The third kappa shape index (κ3) is 9.15. The van der Waals surface area contributed by atoms with E-state index in [1.165, 1.54) is 24.2 Å². The van der Waals surface area contributed by atoms with Gasteiger partial charge in [0.25, 0.3) is 0 Å². The zero-order chi connectivity index (χ0) is 17.9. The molecule has 1 heterocycles. The van der Waals surface area contributed by atoms with Crippen molar-refractivity contribution in [2.75, 3.05) is 38.7 Å². The number of hydrogen-bond donors (Lipinski definition) is 2. The molecule has 0 saturated carbocycles. The van der Waals surface area contributed by atoms with Gasteiger partial charge in [-0.05, 0) is 55.4 Å². The summed E-state index contributed by atoms with van der Waals surface area (Å²) in [5.74, 6) is 2.18. The molecular weight excluding hydrogens is 479 g/mol. The summed E-state index contributed by atoms with van der Waals surface area (Å²) < 4.78 is 0. The van der Waals surface area contributed by atoms with Crippen LogP contribution in [0.2, 0.25) is 5.02 Å². The van der Waals surface area contributed by atoms with E-state index in [-0.39, 0.29) is 24.0 Å². The van der Waals surface area contributed by atoms with Gasteiger partial charge in [0.15, 0.2) is 5.96 Å². The van der Waals surface area contributed by atoms with Crippen LogP contribution in [0, 0.1) is 0 Å². The number of piperidine rings is 1. The van der Waals surface area contributed by atoms with Crippen LogP contribution in [-0.2, 0) is 6.54 Å². The summed E-state index contributed by atoms with van der Waals surface area (Å²) in [5, 5.41) is 7.82. The molecule has 0 radical (unpaired) electrons. The fourth-order valence-corrected chi connectivity index (χ4v) is 3.67. The Morgan fingerprint density at radius 2 is 1.92 bits per heavy atom. The van der Waals surface area contributed by atoms with E-state index in [4.69, 9.17) is 11.6 Å². The number of rotatable bonds is 8. The van der Waals surface area contributed by atoms with Gasteiger partial charge in [0.1, 0.15) is 0 Å². The van der Waals surface area contributed by atoms with Crippen LogP contribution >= 0.6 is 47.3 Å². The molecule has 0 spiro atoms. The van der Waals surface area contributed by atoms with Crippen LogP contribution in [0.25, 0.3) is 0 Å². The minimum Gasteiger partial charge on any atom is -0.356 e. The molecule has 2 rings (SSSR count). The zero-order valence-corrected chi connectivity index (χ0v) is 19.7. The van der Waals surface area contributed by atoms with Gasteiger partial charge in [-0.25, -0.2) is 0 Å². The van der Waals surface area contributed by atoms with Crippen molar-refractivity contribution in [1.82, 2.24) is 15.5 Å². The molecule has 1 aromatic carbocycles. The van der Waals surface area contributed by atoms with Gasteiger partial charge in [-0.2, -0.15) is 11.8 Å². The van der Waals surface area contributed by atoms with E-state index in [1.807, 2.05) is 30.9 Å². The lowest BCUT2D eigenvalue weighted by Gasteiger charge is -2.33. The number of hydrogen-bond acceptors (Lipinski definition) is 3. The highest BCUT2D eigenvalue weighted by atomic mass is 127. The van der Waals surface area contributed by atoms with Crippen molar-refractivity contribution >= 4 is 53.3 Å². The van der Waals surface area contributed by atoms with E-state index in [9.17, 15) is 0 Å². The Hall–Kier alpha value is -0.180. The molecule has 26 heavy (non-hydrogen) atoms. The minimum absolute atomic E-state index is 0. The van der Waals surface area contributed by atoms with Crippen LogP contribution in [0.15, 0.2) is 29.3 Å². The van der Waals surface area contributed by atoms with Crippen LogP contribution in [0.4, 0.5) is 0 Å². The second-order valence-electron chi connectivity index (χ2n) is 6.52. The van der Waals surface area contributed by atoms with Crippen molar-refractivity contribution in [2.45, 2.75) is 38.3 Å². The van der Waals surface area contributed by atoms with Crippen LogP contribution in [0.5, 0.6) is 0 Å². The maximum atomic E-state index is 5.96. The highest BCUT2D eigenvalue weighted by Gasteiger charge is 2.19. The van der Waals surface area contributed by atoms with Crippen molar-refractivity contribution in [3.05, 3.63) is 34.9 Å². The molecule has 0 aliphatic carbocycles.